The van der Waals surface area contributed by atoms with Crippen molar-refractivity contribution in [3.05, 3.63) is 65.2 Å². The van der Waals surface area contributed by atoms with E-state index >= 15 is 0 Å². The number of amides is 1. The molecule has 0 aliphatic rings. The quantitative estimate of drug-likeness (QED) is 0.551. The van der Waals surface area contributed by atoms with Crippen molar-refractivity contribution in [2.24, 2.45) is 0 Å². The highest BCUT2D eigenvalue weighted by Gasteiger charge is 2.09. The summed E-state index contributed by atoms with van der Waals surface area (Å²) in [6.07, 6.45) is 1.70. The number of aryl methyl sites for hydroxylation is 1. The van der Waals surface area contributed by atoms with E-state index in [1.54, 1.807) is 24.3 Å². The Morgan fingerprint density at radius 1 is 0.960 bits per heavy atom. The van der Waals surface area contributed by atoms with Gasteiger partial charge >= 0.3 is 5.97 Å². The Bertz CT molecular complexity index is 691. The van der Waals surface area contributed by atoms with Crippen LogP contribution < -0.4 is 10.1 Å². The van der Waals surface area contributed by atoms with Crippen molar-refractivity contribution in [1.29, 1.82) is 0 Å². The van der Waals surface area contributed by atoms with E-state index in [0.29, 0.717) is 17.3 Å². The minimum atomic E-state index is -0.626. The van der Waals surface area contributed by atoms with E-state index in [-0.39, 0.29) is 19.1 Å². The Morgan fingerprint density at radius 2 is 1.68 bits per heavy atom. The van der Waals surface area contributed by atoms with Crippen LogP contribution in [0, 0.1) is 0 Å². The number of para-hydroxylation sites is 1. The lowest BCUT2D eigenvalue weighted by atomic mass is 10.1. The molecule has 0 bridgehead atoms. The van der Waals surface area contributed by atoms with Gasteiger partial charge in [-0.3, -0.25) is 4.79 Å². The van der Waals surface area contributed by atoms with Crippen molar-refractivity contribution >= 4 is 23.5 Å². The van der Waals surface area contributed by atoms with Crippen molar-refractivity contribution in [3.8, 4) is 5.75 Å². The first-order valence-corrected chi connectivity index (χ1v) is 8.36. The molecule has 25 heavy (non-hydrogen) atoms. The molecule has 1 amide bonds. The first kappa shape index (κ1) is 18.8. The summed E-state index contributed by atoms with van der Waals surface area (Å²) < 4.78 is 10.1. The van der Waals surface area contributed by atoms with Crippen LogP contribution in [0.3, 0.4) is 0 Å². The summed E-state index contributed by atoms with van der Waals surface area (Å²) >= 11 is 5.91. The smallest absolute Gasteiger partial charge is 0.344 e. The van der Waals surface area contributed by atoms with Crippen LogP contribution in [0.4, 0.5) is 0 Å². The number of carbonyl (C=O) groups excluding carboxylic acids is 2. The van der Waals surface area contributed by atoms with E-state index in [9.17, 15) is 9.59 Å². The average molecular weight is 362 g/mol. The average Bonchev–Trinajstić information content (AvgIpc) is 2.64. The van der Waals surface area contributed by atoms with Gasteiger partial charge in [-0.2, -0.15) is 0 Å². The SMILES string of the molecule is O=C(COC(=O)COc1ccccc1Cl)NCCCc1ccccc1. The highest BCUT2D eigenvalue weighted by Crippen LogP contribution is 2.22. The van der Waals surface area contributed by atoms with Gasteiger partial charge in [-0.05, 0) is 30.5 Å². The maximum atomic E-state index is 11.6. The van der Waals surface area contributed by atoms with Gasteiger partial charge in [0.25, 0.3) is 5.91 Å². The number of rotatable bonds is 9. The van der Waals surface area contributed by atoms with E-state index in [4.69, 9.17) is 21.1 Å². The number of halogens is 1. The van der Waals surface area contributed by atoms with Gasteiger partial charge in [0.05, 0.1) is 5.02 Å². The fourth-order valence-corrected chi connectivity index (χ4v) is 2.29. The number of esters is 1. The third-order valence-electron chi connectivity index (χ3n) is 3.35. The third-order valence-corrected chi connectivity index (χ3v) is 3.67. The molecule has 0 aliphatic carbocycles. The number of hydrogen-bond acceptors (Lipinski definition) is 4. The first-order chi connectivity index (χ1) is 12.1. The molecule has 1 N–H and O–H groups in total. The minimum Gasteiger partial charge on any atom is -0.480 e. The van der Waals surface area contributed by atoms with Crippen molar-refractivity contribution < 1.29 is 19.1 Å². The number of nitrogens with one attached hydrogen (secondary N) is 1. The van der Waals surface area contributed by atoms with Crippen LogP contribution in [-0.4, -0.2) is 31.6 Å². The molecule has 0 atom stereocenters. The molecule has 0 saturated heterocycles. The summed E-state index contributed by atoms with van der Waals surface area (Å²) in [5.41, 5.74) is 1.22. The summed E-state index contributed by atoms with van der Waals surface area (Å²) in [7, 11) is 0. The topological polar surface area (TPSA) is 64.6 Å². The molecule has 5 nitrogen and oxygen atoms in total. The predicted molar refractivity (Wildman–Crippen MR) is 95.7 cm³/mol. The van der Waals surface area contributed by atoms with Gasteiger partial charge in [0.15, 0.2) is 13.2 Å². The Labute approximate surface area is 151 Å². The molecule has 0 aliphatic heterocycles. The normalized spacial score (nSPS) is 10.1. The molecule has 0 saturated carbocycles. The molecule has 2 aromatic rings. The van der Waals surface area contributed by atoms with Crippen LogP contribution in [0.15, 0.2) is 54.6 Å². The zero-order chi connectivity index (χ0) is 17.9. The first-order valence-electron chi connectivity index (χ1n) is 7.99. The van der Waals surface area contributed by atoms with Crippen LogP contribution in [0.25, 0.3) is 0 Å². The molecule has 0 heterocycles. The van der Waals surface area contributed by atoms with Crippen LogP contribution in [0.1, 0.15) is 12.0 Å². The summed E-state index contributed by atoms with van der Waals surface area (Å²) in [6, 6.07) is 16.8. The highest BCUT2D eigenvalue weighted by atomic mass is 35.5. The number of ether oxygens (including phenoxy) is 2. The van der Waals surface area contributed by atoms with E-state index < -0.39 is 5.97 Å². The van der Waals surface area contributed by atoms with Gasteiger partial charge in [-0.25, -0.2) is 4.79 Å². The van der Waals surface area contributed by atoms with Crippen molar-refractivity contribution in [2.45, 2.75) is 12.8 Å². The second-order valence-electron chi connectivity index (χ2n) is 5.32. The molecular weight excluding hydrogens is 342 g/mol. The fourth-order valence-electron chi connectivity index (χ4n) is 2.10. The molecule has 6 heteroatoms. The minimum absolute atomic E-state index is 0.301. The third kappa shape index (κ3) is 7.27. The van der Waals surface area contributed by atoms with Crippen molar-refractivity contribution in [1.82, 2.24) is 5.32 Å². The van der Waals surface area contributed by atoms with E-state index in [2.05, 4.69) is 5.32 Å². The molecule has 0 spiro atoms. The summed E-state index contributed by atoms with van der Waals surface area (Å²) in [5.74, 6) is -0.565. The van der Waals surface area contributed by atoms with Crippen molar-refractivity contribution in [3.63, 3.8) is 0 Å². The fraction of sp³-hybridized carbons (Fsp3) is 0.263. The molecule has 2 rings (SSSR count). The summed E-state index contributed by atoms with van der Waals surface area (Å²) in [4.78, 5) is 23.2. The molecule has 0 radical (unpaired) electrons. The Kier molecular flexibility index (Phi) is 7.79. The maximum Gasteiger partial charge on any atom is 0.344 e. The Morgan fingerprint density at radius 3 is 2.44 bits per heavy atom. The number of hydrogen-bond donors (Lipinski definition) is 1. The highest BCUT2D eigenvalue weighted by molar-refractivity contribution is 6.32. The van der Waals surface area contributed by atoms with Gasteiger partial charge in [-0.15, -0.1) is 0 Å². The number of benzene rings is 2. The molecule has 2 aromatic carbocycles. The molecule has 132 valence electrons. The van der Waals surface area contributed by atoms with E-state index in [1.165, 1.54) is 5.56 Å². The monoisotopic (exact) mass is 361 g/mol. The second-order valence-corrected chi connectivity index (χ2v) is 5.73. The van der Waals surface area contributed by atoms with Crippen LogP contribution in [0.5, 0.6) is 5.75 Å². The predicted octanol–water partition coefficient (Wildman–Crippen LogP) is 3.01. The van der Waals surface area contributed by atoms with Gasteiger partial charge in [0.2, 0.25) is 0 Å². The number of carbonyl (C=O) groups is 2. The van der Waals surface area contributed by atoms with Crippen LogP contribution in [-0.2, 0) is 20.7 Å². The van der Waals surface area contributed by atoms with Crippen LogP contribution in [0.2, 0.25) is 5.02 Å². The Balaban J connectivity index is 1.56. The Hall–Kier alpha value is -2.53. The van der Waals surface area contributed by atoms with Crippen LogP contribution >= 0.6 is 11.6 Å². The van der Waals surface area contributed by atoms with Gasteiger partial charge in [0.1, 0.15) is 5.75 Å². The lowest BCUT2D eigenvalue weighted by Gasteiger charge is -2.08. The largest absolute Gasteiger partial charge is 0.480 e. The molecule has 0 aromatic heterocycles. The molecule has 0 unspecified atom stereocenters. The van der Waals surface area contributed by atoms with Gasteiger partial charge in [0, 0.05) is 6.54 Å². The van der Waals surface area contributed by atoms with Gasteiger partial charge in [-0.1, -0.05) is 54.1 Å². The summed E-state index contributed by atoms with van der Waals surface area (Å²) in [6.45, 7) is -0.0948. The summed E-state index contributed by atoms with van der Waals surface area (Å²) in [5, 5.41) is 3.12. The molecule has 0 fully saturated rings. The van der Waals surface area contributed by atoms with Crippen molar-refractivity contribution in [2.75, 3.05) is 19.8 Å². The lowest BCUT2D eigenvalue weighted by Crippen LogP contribution is -2.30. The zero-order valence-corrected chi connectivity index (χ0v) is 14.5. The molecular formula is C19H20ClNO4. The zero-order valence-electron chi connectivity index (χ0n) is 13.7. The van der Waals surface area contributed by atoms with E-state index in [1.807, 2.05) is 30.3 Å². The maximum absolute atomic E-state index is 11.6. The standard InChI is InChI=1S/C19H20ClNO4/c20-16-10-4-5-11-17(16)24-14-19(23)25-13-18(22)21-12-6-9-15-7-2-1-3-8-15/h1-5,7-8,10-11H,6,9,12-14H2,(H,21,22). The lowest BCUT2D eigenvalue weighted by molar-refractivity contribution is -0.150. The van der Waals surface area contributed by atoms with Gasteiger partial charge < -0.3 is 14.8 Å². The second kappa shape index (κ2) is 10.4. The van der Waals surface area contributed by atoms with E-state index in [0.717, 1.165) is 12.8 Å².